The summed E-state index contributed by atoms with van der Waals surface area (Å²) in [4.78, 5) is 27.1. The Bertz CT molecular complexity index is 1110. The van der Waals surface area contributed by atoms with Crippen LogP contribution in [0, 0.1) is 0 Å². The molecule has 0 aliphatic heterocycles. The van der Waals surface area contributed by atoms with Gasteiger partial charge in [-0.1, -0.05) is 24.3 Å². The van der Waals surface area contributed by atoms with Gasteiger partial charge in [-0.15, -0.1) is 0 Å². The molecule has 0 aliphatic rings. The van der Waals surface area contributed by atoms with Crippen molar-refractivity contribution in [2.45, 2.75) is 31.1 Å². The fourth-order valence-corrected chi connectivity index (χ4v) is 3.34. The quantitative estimate of drug-likeness (QED) is 0.390. The second-order valence-corrected chi connectivity index (χ2v) is 7.11. The van der Waals surface area contributed by atoms with Crippen LogP contribution in [0.2, 0.25) is 0 Å². The summed E-state index contributed by atoms with van der Waals surface area (Å²) in [6.45, 7) is 0. The third kappa shape index (κ3) is 5.15. The number of para-hydroxylation sites is 1. The number of aromatic hydroxyl groups is 1. The molecular weight excluding hydrogens is 415 g/mol. The van der Waals surface area contributed by atoms with Crippen LogP contribution in [-0.2, 0) is 28.6 Å². The Morgan fingerprint density at radius 2 is 1.81 bits per heavy atom. The number of rotatable bonds is 7. The number of fused-ring (bicyclic) bond motifs is 1. The van der Waals surface area contributed by atoms with E-state index in [0.29, 0.717) is 6.07 Å². The van der Waals surface area contributed by atoms with Gasteiger partial charge < -0.3 is 26.2 Å². The maximum Gasteiger partial charge on any atom is 0.416 e. The van der Waals surface area contributed by atoms with Crippen LogP contribution in [0.5, 0.6) is 5.75 Å². The maximum atomic E-state index is 13.2. The van der Waals surface area contributed by atoms with Crippen LogP contribution in [0.25, 0.3) is 10.9 Å². The molecule has 3 aromatic rings. The molecule has 2 atom stereocenters. The van der Waals surface area contributed by atoms with Crippen molar-refractivity contribution in [2.24, 2.45) is 5.73 Å². The number of hydrogen-bond acceptors (Lipinski definition) is 4. The fourth-order valence-electron chi connectivity index (χ4n) is 3.34. The van der Waals surface area contributed by atoms with E-state index >= 15 is 0 Å². The van der Waals surface area contributed by atoms with Crippen molar-refractivity contribution in [3.05, 3.63) is 65.4 Å². The highest BCUT2D eigenvalue weighted by Crippen LogP contribution is 2.34. The molecule has 1 amide bonds. The number of carboxylic acids is 1. The van der Waals surface area contributed by atoms with E-state index in [-0.39, 0.29) is 12.0 Å². The van der Waals surface area contributed by atoms with E-state index in [9.17, 15) is 33.0 Å². The van der Waals surface area contributed by atoms with Crippen molar-refractivity contribution >= 4 is 22.8 Å². The zero-order chi connectivity index (χ0) is 22.8. The summed E-state index contributed by atoms with van der Waals surface area (Å²) in [7, 11) is 0. The van der Waals surface area contributed by atoms with E-state index in [4.69, 9.17) is 5.73 Å². The normalized spacial score (nSPS) is 13.7. The lowest BCUT2D eigenvalue weighted by Gasteiger charge is -2.20. The van der Waals surface area contributed by atoms with Crippen LogP contribution < -0.4 is 11.1 Å². The van der Waals surface area contributed by atoms with Gasteiger partial charge in [0.05, 0.1) is 11.6 Å². The summed E-state index contributed by atoms with van der Waals surface area (Å²) in [6, 6.07) is 7.12. The van der Waals surface area contributed by atoms with Crippen molar-refractivity contribution < 1.29 is 33.0 Å². The molecule has 1 aromatic heterocycles. The summed E-state index contributed by atoms with van der Waals surface area (Å²) in [6.07, 6.45) is -3.63. The van der Waals surface area contributed by atoms with Gasteiger partial charge in [-0.05, 0) is 35.7 Å². The predicted octanol–water partition coefficient (Wildman–Crippen LogP) is 2.57. The number of phenols is 1. The van der Waals surface area contributed by atoms with Crippen LogP contribution in [0.1, 0.15) is 16.7 Å². The van der Waals surface area contributed by atoms with E-state index in [1.165, 1.54) is 0 Å². The monoisotopic (exact) mass is 435 g/mol. The van der Waals surface area contributed by atoms with Gasteiger partial charge in [-0.25, -0.2) is 4.79 Å². The molecule has 0 spiro atoms. The minimum atomic E-state index is -4.80. The topological polar surface area (TPSA) is 128 Å². The van der Waals surface area contributed by atoms with Crippen molar-refractivity contribution in [1.82, 2.24) is 10.3 Å². The molecule has 0 saturated carbocycles. The third-order valence-electron chi connectivity index (χ3n) is 4.89. The van der Waals surface area contributed by atoms with E-state index in [1.807, 2.05) is 24.3 Å². The standard InChI is InChI=1S/C21H20F3N3O4/c22-21(23,24)15-9-13(28)6-5-11(15)8-18(20(30)31)27-19(29)16(25)7-12-10-26-17-4-2-1-3-14(12)17/h1-6,9-10,16,18,26,28H,7-8,25H2,(H,27,29)(H,30,31)/t16-,18-/m0/s1. The van der Waals surface area contributed by atoms with E-state index < -0.39 is 47.9 Å². The zero-order valence-electron chi connectivity index (χ0n) is 16.1. The number of phenolic OH excluding ortho intramolecular Hbond substituents is 1. The van der Waals surface area contributed by atoms with Gasteiger partial charge in [-0.3, -0.25) is 4.79 Å². The van der Waals surface area contributed by atoms with Crippen molar-refractivity contribution in [1.29, 1.82) is 0 Å². The predicted molar refractivity (Wildman–Crippen MR) is 106 cm³/mol. The Morgan fingerprint density at radius 3 is 2.48 bits per heavy atom. The number of hydrogen-bond donors (Lipinski definition) is 5. The van der Waals surface area contributed by atoms with Gasteiger partial charge in [0.2, 0.25) is 5.91 Å². The number of benzene rings is 2. The largest absolute Gasteiger partial charge is 0.508 e. The second kappa shape index (κ2) is 8.68. The van der Waals surface area contributed by atoms with Crippen molar-refractivity contribution in [3.63, 3.8) is 0 Å². The van der Waals surface area contributed by atoms with Crippen LogP contribution in [0.15, 0.2) is 48.7 Å². The van der Waals surface area contributed by atoms with Crippen LogP contribution in [0.4, 0.5) is 13.2 Å². The first-order valence-corrected chi connectivity index (χ1v) is 9.29. The second-order valence-electron chi connectivity index (χ2n) is 7.11. The van der Waals surface area contributed by atoms with Gasteiger partial charge in [0, 0.05) is 23.5 Å². The first-order chi connectivity index (χ1) is 14.6. The zero-order valence-corrected chi connectivity index (χ0v) is 16.1. The van der Waals surface area contributed by atoms with Gasteiger partial charge >= 0.3 is 12.1 Å². The maximum absolute atomic E-state index is 13.2. The SMILES string of the molecule is N[C@@H](Cc1c[nH]c2ccccc12)C(=O)N[C@@H](Cc1ccc(O)cc1C(F)(F)F)C(=O)O. The van der Waals surface area contributed by atoms with Crippen molar-refractivity contribution in [3.8, 4) is 5.75 Å². The molecular formula is C21H20F3N3O4. The Labute approximate surface area is 174 Å². The van der Waals surface area contributed by atoms with Gasteiger partial charge in [0.25, 0.3) is 0 Å². The molecule has 2 aromatic carbocycles. The van der Waals surface area contributed by atoms with Crippen molar-refractivity contribution in [2.75, 3.05) is 0 Å². The molecule has 10 heteroatoms. The molecule has 0 unspecified atom stereocenters. The smallest absolute Gasteiger partial charge is 0.416 e. The lowest BCUT2D eigenvalue weighted by molar-refractivity contribution is -0.143. The Balaban J connectivity index is 1.74. The summed E-state index contributed by atoms with van der Waals surface area (Å²) < 4.78 is 39.7. The lowest BCUT2D eigenvalue weighted by Crippen LogP contribution is -2.50. The van der Waals surface area contributed by atoms with Gasteiger partial charge in [0.1, 0.15) is 11.8 Å². The number of carboxylic acid groups (broad SMARTS) is 1. The van der Waals surface area contributed by atoms with E-state index in [2.05, 4.69) is 10.3 Å². The number of carbonyl (C=O) groups excluding carboxylic acids is 1. The molecule has 31 heavy (non-hydrogen) atoms. The number of aromatic amines is 1. The first kappa shape index (κ1) is 22.2. The number of nitrogens with one attached hydrogen (secondary N) is 2. The fraction of sp³-hybridized carbons (Fsp3) is 0.238. The number of alkyl halides is 3. The molecule has 7 nitrogen and oxygen atoms in total. The molecule has 0 radical (unpaired) electrons. The van der Waals surface area contributed by atoms with Gasteiger partial charge in [0.15, 0.2) is 0 Å². The van der Waals surface area contributed by atoms with Crippen LogP contribution in [-0.4, -0.2) is 39.2 Å². The summed E-state index contributed by atoms with van der Waals surface area (Å²) >= 11 is 0. The number of H-pyrrole nitrogens is 1. The summed E-state index contributed by atoms with van der Waals surface area (Å²) in [5.41, 5.74) is 5.99. The molecule has 3 rings (SSSR count). The Hall–Kier alpha value is -3.53. The molecule has 164 valence electrons. The summed E-state index contributed by atoms with van der Waals surface area (Å²) in [5, 5.41) is 21.9. The average Bonchev–Trinajstić information content (AvgIpc) is 3.10. The number of amides is 1. The molecule has 0 bridgehead atoms. The minimum absolute atomic E-state index is 0.106. The van der Waals surface area contributed by atoms with Crippen LogP contribution >= 0.6 is 0 Å². The van der Waals surface area contributed by atoms with Crippen LogP contribution in [0.3, 0.4) is 0 Å². The van der Waals surface area contributed by atoms with Gasteiger partial charge in [-0.2, -0.15) is 13.2 Å². The molecule has 1 heterocycles. The summed E-state index contributed by atoms with van der Waals surface area (Å²) in [5.74, 6) is -2.91. The Kier molecular flexibility index (Phi) is 6.21. The molecule has 0 aliphatic carbocycles. The minimum Gasteiger partial charge on any atom is -0.508 e. The number of nitrogens with two attached hydrogens (primary N) is 1. The molecule has 0 saturated heterocycles. The number of aromatic nitrogens is 1. The Morgan fingerprint density at radius 1 is 1.10 bits per heavy atom. The number of aliphatic carboxylic acids is 1. The number of halogens is 3. The average molecular weight is 435 g/mol. The third-order valence-corrected chi connectivity index (χ3v) is 4.89. The lowest BCUT2D eigenvalue weighted by atomic mass is 9.98. The molecule has 0 fully saturated rings. The van der Waals surface area contributed by atoms with E-state index in [0.717, 1.165) is 28.6 Å². The number of carbonyl (C=O) groups is 2. The first-order valence-electron chi connectivity index (χ1n) is 9.29. The highest BCUT2D eigenvalue weighted by molar-refractivity contribution is 5.88. The molecule has 6 N–H and O–H groups in total. The highest BCUT2D eigenvalue weighted by atomic mass is 19.4. The van der Waals surface area contributed by atoms with E-state index in [1.54, 1.807) is 6.20 Å². The highest BCUT2D eigenvalue weighted by Gasteiger charge is 2.35.